The average molecular weight is 460 g/mol. The van der Waals surface area contributed by atoms with Crippen molar-refractivity contribution in [3.63, 3.8) is 0 Å². The summed E-state index contributed by atoms with van der Waals surface area (Å²) in [6.45, 7) is 3.61. The molecule has 2 atom stereocenters. The number of sulfonamides is 1. The average Bonchev–Trinajstić information content (AvgIpc) is 3.15. The molecule has 2 unspecified atom stereocenters. The number of hydrogen-bond donors (Lipinski definition) is 2. The fourth-order valence-electron chi connectivity index (χ4n) is 3.47. The van der Waals surface area contributed by atoms with Gasteiger partial charge in [-0.1, -0.05) is 25.1 Å². The number of primary sulfonamides is 1. The maximum Gasteiger partial charge on any atom is 0.312 e. The topological polar surface area (TPSA) is 136 Å². The van der Waals surface area contributed by atoms with Gasteiger partial charge in [0.2, 0.25) is 15.9 Å². The molecule has 9 nitrogen and oxygen atoms in total. The number of anilines is 2. The second-order valence-corrected chi connectivity index (χ2v) is 9.09. The van der Waals surface area contributed by atoms with Crippen molar-refractivity contribution >= 4 is 39.2 Å². The molecule has 3 rings (SSSR count). The molecule has 1 saturated heterocycles. The summed E-state index contributed by atoms with van der Waals surface area (Å²) in [7, 11) is -3.84. The number of benzene rings is 2. The molecule has 2 aromatic rings. The van der Waals surface area contributed by atoms with Crippen LogP contribution >= 0.6 is 0 Å². The molecular formula is C22H25N3O6S. The number of para-hydroxylation sites is 1. The first-order valence-electron chi connectivity index (χ1n) is 10.1. The molecule has 10 heteroatoms. The predicted octanol–water partition coefficient (Wildman–Crippen LogP) is 1.82. The largest absolute Gasteiger partial charge is 0.452 e. The molecule has 1 heterocycles. The van der Waals surface area contributed by atoms with Crippen molar-refractivity contribution in [1.82, 2.24) is 0 Å². The number of aryl methyl sites for hydroxylation is 1. The number of rotatable bonds is 7. The number of nitrogens with two attached hydrogens (primary N) is 1. The summed E-state index contributed by atoms with van der Waals surface area (Å²) in [6.07, 6.45) is -0.336. The van der Waals surface area contributed by atoms with Crippen molar-refractivity contribution in [3.8, 4) is 0 Å². The van der Waals surface area contributed by atoms with E-state index >= 15 is 0 Å². The molecule has 0 aromatic heterocycles. The molecular weight excluding hydrogens is 434 g/mol. The van der Waals surface area contributed by atoms with Crippen molar-refractivity contribution in [3.05, 3.63) is 54.1 Å². The van der Waals surface area contributed by atoms with Crippen LogP contribution in [0.15, 0.2) is 53.4 Å². The lowest BCUT2D eigenvalue weighted by atomic mass is 10.1. The molecule has 1 aliphatic rings. The van der Waals surface area contributed by atoms with Gasteiger partial charge in [0.05, 0.1) is 10.8 Å². The van der Waals surface area contributed by atoms with E-state index < -0.39 is 33.9 Å². The lowest BCUT2D eigenvalue weighted by Crippen LogP contribution is -2.33. The number of nitrogens with one attached hydrogen (secondary N) is 1. The first-order chi connectivity index (χ1) is 15.1. The second-order valence-electron chi connectivity index (χ2n) is 7.53. The zero-order valence-corrected chi connectivity index (χ0v) is 18.6. The quantitative estimate of drug-likeness (QED) is 0.606. The zero-order valence-electron chi connectivity index (χ0n) is 17.8. The van der Waals surface area contributed by atoms with E-state index in [2.05, 4.69) is 5.32 Å². The van der Waals surface area contributed by atoms with Crippen molar-refractivity contribution in [2.75, 3.05) is 16.8 Å². The van der Waals surface area contributed by atoms with E-state index in [0.717, 1.165) is 17.7 Å². The van der Waals surface area contributed by atoms with Gasteiger partial charge in [0.15, 0.2) is 6.10 Å². The summed E-state index contributed by atoms with van der Waals surface area (Å²) in [5.41, 5.74) is 2.11. The van der Waals surface area contributed by atoms with Crippen LogP contribution in [0, 0.1) is 5.92 Å². The number of hydrogen-bond acceptors (Lipinski definition) is 6. The van der Waals surface area contributed by atoms with E-state index in [0.29, 0.717) is 5.69 Å². The summed E-state index contributed by atoms with van der Waals surface area (Å²) in [6, 6.07) is 12.8. The molecule has 3 N–H and O–H groups in total. The number of ether oxygens (including phenoxy) is 1. The Labute approximate surface area is 186 Å². The molecule has 170 valence electrons. The van der Waals surface area contributed by atoms with Gasteiger partial charge in [-0.25, -0.2) is 13.6 Å². The molecule has 0 bridgehead atoms. The van der Waals surface area contributed by atoms with Gasteiger partial charge in [-0.2, -0.15) is 0 Å². The number of nitrogens with zero attached hydrogens (tertiary/aromatic N) is 1. The summed E-state index contributed by atoms with van der Waals surface area (Å²) < 4.78 is 27.9. The third-order valence-electron chi connectivity index (χ3n) is 5.23. The fraction of sp³-hybridized carbons (Fsp3) is 0.318. The van der Waals surface area contributed by atoms with Gasteiger partial charge in [-0.05, 0) is 49.2 Å². The molecule has 1 aliphatic heterocycles. The van der Waals surface area contributed by atoms with E-state index in [4.69, 9.17) is 9.88 Å². The summed E-state index contributed by atoms with van der Waals surface area (Å²) in [4.78, 5) is 39.0. The first kappa shape index (κ1) is 23.4. The first-order valence-corrected chi connectivity index (χ1v) is 11.7. The van der Waals surface area contributed by atoms with Crippen LogP contribution in [0.4, 0.5) is 11.4 Å². The van der Waals surface area contributed by atoms with Gasteiger partial charge in [0, 0.05) is 24.3 Å². The van der Waals surface area contributed by atoms with E-state index in [1.807, 2.05) is 31.2 Å². The summed E-state index contributed by atoms with van der Waals surface area (Å²) in [5, 5.41) is 7.59. The van der Waals surface area contributed by atoms with Gasteiger partial charge < -0.3 is 15.0 Å². The van der Waals surface area contributed by atoms with Crippen molar-refractivity contribution in [1.29, 1.82) is 0 Å². The van der Waals surface area contributed by atoms with Gasteiger partial charge in [-0.15, -0.1) is 0 Å². The van der Waals surface area contributed by atoms with Crippen molar-refractivity contribution < 1.29 is 27.5 Å². The fourth-order valence-corrected chi connectivity index (χ4v) is 3.98. The number of carbonyl (C=O) groups excluding carboxylic acids is 3. The summed E-state index contributed by atoms with van der Waals surface area (Å²) in [5.74, 6) is -2.04. The highest BCUT2D eigenvalue weighted by Gasteiger charge is 2.37. The van der Waals surface area contributed by atoms with Crippen LogP contribution in [0.2, 0.25) is 0 Å². The Balaban J connectivity index is 1.59. The van der Waals surface area contributed by atoms with Crippen molar-refractivity contribution in [2.24, 2.45) is 11.1 Å². The highest BCUT2D eigenvalue weighted by Crippen LogP contribution is 2.29. The number of carbonyl (C=O) groups is 3. The van der Waals surface area contributed by atoms with Crippen molar-refractivity contribution in [2.45, 2.75) is 37.7 Å². The standard InChI is InChI=1S/C22H25N3O6S/c1-3-15-6-4-5-7-19(15)25-13-16(12-20(25)26)22(28)31-14(2)21(27)24-17-8-10-18(11-9-17)32(23,29)30/h4-11,14,16H,3,12-13H2,1-2H3,(H,24,27)(H2,23,29,30). The molecule has 1 fully saturated rings. The Morgan fingerprint density at radius 1 is 1.19 bits per heavy atom. The van der Waals surface area contributed by atoms with E-state index in [1.165, 1.54) is 31.2 Å². The normalized spacial score (nSPS) is 17.2. The van der Waals surface area contributed by atoms with Crippen LogP contribution in [-0.4, -0.2) is 38.9 Å². The van der Waals surface area contributed by atoms with Crippen LogP contribution in [0.3, 0.4) is 0 Å². The van der Waals surface area contributed by atoms with E-state index in [-0.39, 0.29) is 23.8 Å². The van der Waals surface area contributed by atoms with Crippen LogP contribution in [-0.2, 0) is 35.6 Å². The highest BCUT2D eigenvalue weighted by atomic mass is 32.2. The Kier molecular flexibility index (Phi) is 6.95. The molecule has 0 radical (unpaired) electrons. The smallest absolute Gasteiger partial charge is 0.312 e. The maximum absolute atomic E-state index is 12.6. The molecule has 0 saturated carbocycles. The lowest BCUT2D eigenvalue weighted by molar-refractivity contribution is -0.157. The van der Waals surface area contributed by atoms with E-state index in [9.17, 15) is 22.8 Å². The van der Waals surface area contributed by atoms with Crippen LogP contribution in [0.1, 0.15) is 25.8 Å². The van der Waals surface area contributed by atoms with E-state index in [1.54, 1.807) is 4.90 Å². The SMILES string of the molecule is CCc1ccccc1N1CC(C(=O)OC(C)C(=O)Nc2ccc(S(N)(=O)=O)cc2)CC1=O. The zero-order chi connectivity index (χ0) is 23.5. The third-order valence-corrected chi connectivity index (χ3v) is 6.16. The minimum atomic E-state index is -3.84. The Morgan fingerprint density at radius 2 is 1.84 bits per heavy atom. The van der Waals surface area contributed by atoms with Crippen LogP contribution < -0.4 is 15.4 Å². The molecule has 0 spiro atoms. The molecule has 32 heavy (non-hydrogen) atoms. The van der Waals surface area contributed by atoms with Gasteiger partial charge in [-0.3, -0.25) is 14.4 Å². The van der Waals surface area contributed by atoms with Gasteiger partial charge >= 0.3 is 5.97 Å². The lowest BCUT2D eigenvalue weighted by Gasteiger charge is -2.20. The summed E-state index contributed by atoms with van der Waals surface area (Å²) >= 11 is 0. The minimum Gasteiger partial charge on any atom is -0.452 e. The molecule has 2 aromatic carbocycles. The highest BCUT2D eigenvalue weighted by molar-refractivity contribution is 7.89. The Hall–Kier alpha value is -3.24. The van der Waals surface area contributed by atoms with Gasteiger partial charge in [0.1, 0.15) is 0 Å². The molecule has 2 amide bonds. The number of esters is 1. The predicted molar refractivity (Wildman–Crippen MR) is 118 cm³/mol. The van der Waals surface area contributed by atoms with Gasteiger partial charge in [0.25, 0.3) is 5.91 Å². The Morgan fingerprint density at radius 3 is 2.47 bits per heavy atom. The maximum atomic E-state index is 12.6. The van der Waals surface area contributed by atoms with Crippen LogP contribution in [0.5, 0.6) is 0 Å². The number of amides is 2. The Bertz CT molecular complexity index is 1130. The monoisotopic (exact) mass is 459 g/mol. The van der Waals surface area contributed by atoms with Crippen LogP contribution in [0.25, 0.3) is 0 Å². The molecule has 0 aliphatic carbocycles. The second kappa shape index (κ2) is 9.49. The third kappa shape index (κ3) is 5.32. The minimum absolute atomic E-state index is 0.0141.